The summed E-state index contributed by atoms with van der Waals surface area (Å²) in [6.45, 7) is 4.15. The number of hydrogen-bond donors (Lipinski definition) is 2. The van der Waals surface area contributed by atoms with Gasteiger partial charge in [-0.2, -0.15) is 5.26 Å². The summed E-state index contributed by atoms with van der Waals surface area (Å²) < 4.78 is 0. The fourth-order valence-corrected chi connectivity index (χ4v) is 1.45. The van der Waals surface area contributed by atoms with Gasteiger partial charge in [-0.1, -0.05) is 6.92 Å². The third-order valence-electron chi connectivity index (χ3n) is 2.48. The van der Waals surface area contributed by atoms with E-state index in [2.05, 4.69) is 15.6 Å². The minimum atomic E-state index is -0.674. The first-order valence-corrected chi connectivity index (χ1v) is 6.09. The van der Waals surface area contributed by atoms with Crippen LogP contribution in [0.25, 0.3) is 0 Å². The van der Waals surface area contributed by atoms with E-state index in [1.54, 1.807) is 13.0 Å². The van der Waals surface area contributed by atoms with Crippen LogP contribution in [0.15, 0.2) is 12.1 Å². The van der Waals surface area contributed by atoms with Gasteiger partial charge in [0.15, 0.2) is 0 Å². The lowest BCUT2D eigenvalue weighted by molar-refractivity contribution is -0.385. The molecule has 0 radical (unpaired) electrons. The number of nitrogens with zero attached hydrogens (tertiary/aromatic N) is 3. The Bertz CT molecular complexity index is 553. The molecule has 1 aromatic heterocycles. The van der Waals surface area contributed by atoms with Crippen molar-refractivity contribution in [2.45, 2.75) is 26.3 Å². The first-order chi connectivity index (χ1) is 9.49. The molecular formula is C12H15N5O3. The average molecular weight is 277 g/mol. The van der Waals surface area contributed by atoms with Crippen molar-refractivity contribution in [1.29, 1.82) is 5.26 Å². The Morgan fingerprint density at radius 3 is 2.85 bits per heavy atom. The third-order valence-corrected chi connectivity index (χ3v) is 2.48. The van der Waals surface area contributed by atoms with Crippen molar-refractivity contribution in [3.8, 4) is 6.07 Å². The van der Waals surface area contributed by atoms with Crippen LogP contribution in [-0.2, 0) is 4.79 Å². The predicted octanol–water partition coefficient (Wildman–Crippen LogP) is 1.19. The summed E-state index contributed by atoms with van der Waals surface area (Å²) in [6, 6.07) is 3.66. The summed E-state index contributed by atoms with van der Waals surface area (Å²) >= 11 is 0. The first kappa shape index (κ1) is 15.4. The van der Waals surface area contributed by atoms with E-state index in [9.17, 15) is 14.9 Å². The Balaban J connectivity index is 2.81. The highest BCUT2D eigenvalue weighted by Crippen LogP contribution is 2.18. The molecule has 0 aliphatic carbocycles. The molecule has 0 fully saturated rings. The molecule has 1 atom stereocenters. The number of rotatable bonds is 6. The van der Waals surface area contributed by atoms with Crippen LogP contribution >= 0.6 is 0 Å². The molecule has 1 aromatic rings. The van der Waals surface area contributed by atoms with Gasteiger partial charge in [-0.05, 0) is 19.4 Å². The molecule has 8 nitrogen and oxygen atoms in total. The molecule has 2 N–H and O–H groups in total. The van der Waals surface area contributed by atoms with E-state index >= 15 is 0 Å². The van der Waals surface area contributed by atoms with Crippen molar-refractivity contribution >= 4 is 17.4 Å². The maximum absolute atomic E-state index is 11.7. The topological polar surface area (TPSA) is 121 Å². The van der Waals surface area contributed by atoms with Crippen molar-refractivity contribution in [2.24, 2.45) is 0 Å². The van der Waals surface area contributed by atoms with E-state index in [0.717, 1.165) is 6.42 Å². The number of hydrogen-bond acceptors (Lipinski definition) is 6. The van der Waals surface area contributed by atoms with Gasteiger partial charge in [0.1, 0.15) is 17.9 Å². The van der Waals surface area contributed by atoms with E-state index in [4.69, 9.17) is 5.26 Å². The fraction of sp³-hybridized carbons (Fsp3) is 0.417. The average Bonchev–Trinajstić information content (AvgIpc) is 2.44. The Hall–Kier alpha value is -2.69. The summed E-state index contributed by atoms with van der Waals surface area (Å²) in [6.07, 6.45) is 0.826. The predicted molar refractivity (Wildman–Crippen MR) is 72.0 cm³/mol. The maximum Gasteiger partial charge on any atom is 0.305 e. The van der Waals surface area contributed by atoms with Crippen LogP contribution in [0.5, 0.6) is 0 Å². The van der Waals surface area contributed by atoms with Gasteiger partial charge in [-0.3, -0.25) is 14.9 Å². The van der Waals surface area contributed by atoms with Crippen LogP contribution in [0.4, 0.5) is 11.5 Å². The number of aromatic nitrogens is 1. The molecule has 0 saturated heterocycles. The molecule has 1 heterocycles. The fourth-order valence-electron chi connectivity index (χ4n) is 1.45. The number of amides is 1. The number of nitriles is 1. The third kappa shape index (κ3) is 3.91. The summed E-state index contributed by atoms with van der Waals surface area (Å²) in [5, 5.41) is 25.0. The first-order valence-electron chi connectivity index (χ1n) is 6.09. The molecule has 0 bridgehead atoms. The summed E-state index contributed by atoms with van der Waals surface area (Å²) in [4.78, 5) is 25.5. The molecule has 20 heavy (non-hydrogen) atoms. The zero-order valence-electron chi connectivity index (χ0n) is 11.2. The summed E-state index contributed by atoms with van der Waals surface area (Å²) in [5.74, 6) is 0.0387. The normalized spacial score (nSPS) is 11.2. The SMILES string of the molecule is CCCNC(=O)C(C)Nc1ccc([N+](=O)[O-])c(C#N)n1. The van der Waals surface area contributed by atoms with Crippen LogP contribution in [0.1, 0.15) is 26.0 Å². The second-order valence-electron chi connectivity index (χ2n) is 4.09. The largest absolute Gasteiger partial charge is 0.359 e. The van der Waals surface area contributed by atoms with Crippen molar-refractivity contribution in [3.05, 3.63) is 27.9 Å². The lowest BCUT2D eigenvalue weighted by Crippen LogP contribution is -2.38. The molecule has 1 unspecified atom stereocenters. The number of pyridine rings is 1. The van der Waals surface area contributed by atoms with Gasteiger partial charge in [-0.15, -0.1) is 0 Å². The number of nitrogens with one attached hydrogen (secondary N) is 2. The Labute approximate surface area is 116 Å². The van der Waals surface area contributed by atoms with Crippen molar-refractivity contribution in [1.82, 2.24) is 10.3 Å². The van der Waals surface area contributed by atoms with Gasteiger partial charge in [0.25, 0.3) is 0 Å². The van der Waals surface area contributed by atoms with Crippen LogP contribution in [0.3, 0.4) is 0 Å². The zero-order valence-corrected chi connectivity index (χ0v) is 11.2. The van der Waals surface area contributed by atoms with Crippen LogP contribution in [0, 0.1) is 21.4 Å². The Kier molecular flexibility index (Phi) is 5.41. The Morgan fingerprint density at radius 2 is 2.30 bits per heavy atom. The molecule has 8 heteroatoms. The number of nitro groups is 1. The summed E-state index contributed by atoms with van der Waals surface area (Å²) in [5.41, 5.74) is -0.651. The smallest absolute Gasteiger partial charge is 0.305 e. The van der Waals surface area contributed by atoms with Gasteiger partial charge < -0.3 is 10.6 Å². The second-order valence-corrected chi connectivity index (χ2v) is 4.09. The molecule has 0 saturated carbocycles. The minimum absolute atomic E-state index is 0.203. The van der Waals surface area contributed by atoms with E-state index < -0.39 is 11.0 Å². The number of carbonyl (C=O) groups excluding carboxylic acids is 1. The van der Waals surface area contributed by atoms with Crippen molar-refractivity contribution in [3.63, 3.8) is 0 Å². The highest BCUT2D eigenvalue weighted by Gasteiger charge is 2.17. The Morgan fingerprint density at radius 1 is 1.60 bits per heavy atom. The van der Waals surface area contributed by atoms with Gasteiger partial charge in [0.2, 0.25) is 11.6 Å². The van der Waals surface area contributed by atoms with E-state index in [1.807, 2.05) is 6.92 Å². The molecule has 0 spiro atoms. The highest BCUT2D eigenvalue weighted by atomic mass is 16.6. The van der Waals surface area contributed by atoms with E-state index in [0.29, 0.717) is 6.54 Å². The van der Waals surface area contributed by atoms with Gasteiger partial charge in [0, 0.05) is 12.6 Å². The minimum Gasteiger partial charge on any atom is -0.359 e. The van der Waals surface area contributed by atoms with E-state index in [-0.39, 0.29) is 23.1 Å². The number of anilines is 1. The lowest BCUT2D eigenvalue weighted by Gasteiger charge is -2.14. The monoisotopic (exact) mass is 277 g/mol. The quantitative estimate of drug-likeness (QED) is 0.595. The standard InChI is InChI=1S/C12H15N5O3/c1-3-6-14-12(18)8(2)15-11-5-4-10(17(19)20)9(7-13)16-11/h4-5,8H,3,6H2,1-2H3,(H,14,18)(H,15,16). The summed E-state index contributed by atoms with van der Waals surface area (Å²) in [7, 11) is 0. The molecule has 0 aliphatic rings. The highest BCUT2D eigenvalue weighted by molar-refractivity contribution is 5.83. The van der Waals surface area contributed by atoms with Crippen LogP contribution in [0.2, 0.25) is 0 Å². The molecule has 0 aliphatic heterocycles. The van der Waals surface area contributed by atoms with Gasteiger partial charge in [0.05, 0.1) is 4.92 Å². The van der Waals surface area contributed by atoms with Gasteiger partial charge >= 0.3 is 5.69 Å². The molecule has 1 amide bonds. The number of carbonyl (C=O) groups is 1. The molecular weight excluding hydrogens is 262 g/mol. The van der Waals surface area contributed by atoms with E-state index in [1.165, 1.54) is 12.1 Å². The van der Waals surface area contributed by atoms with Crippen LogP contribution < -0.4 is 10.6 Å². The van der Waals surface area contributed by atoms with Crippen molar-refractivity contribution in [2.75, 3.05) is 11.9 Å². The van der Waals surface area contributed by atoms with Crippen LogP contribution in [-0.4, -0.2) is 28.4 Å². The second kappa shape index (κ2) is 7.04. The zero-order chi connectivity index (χ0) is 15.1. The molecule has 1 rings (SSSR count). The van der Waals surface area contributed by atoms with Gasteiger partial charge in [-0.25, -0.2) is 4.98 Å². The van der Waals surface area contributed by atoms with Crippen molar-refractivity contribution < 1.29 is 9.72 Å². The molecule has 0 aromatic carbocycles. The molecule has 106 valence electrons. The maximum atomic E-state index is 11.7. The lowest BCUT2D eigenvalue weighted by atomic mass is 10.2.